The van der Waals surface area contributed by atoms with Gasteiger partial charge in [-0.3, -0.25) is 4.79 Å². The molecule has 1 heterocycles. The van der Waals surface area contributed by atoms with Crippen LogP contribution >= 0.6 is 0 Å². The van der Waals surface area contributed by atoms with Gasteiger partial charge in [0.2, 0.25) is 5.91 Å². The number of likely N-dealkylation sites (tertiary alicyclic amines) is 1. The highest BCUT2D eigenvalue weighted by Crippen LogP contribution is 2.21. The second-order valence-corrected chi connectivity index (χ2v) is 4.79. The Balaban J connectivity index is 2.03. The van der Waals surface area contributed by atoms with Crippen molar-refractivity contribution in [3.8, 4) is 0 Å². The summed E-state index contributed by atoms with van der Waals surface area (Å²) in [5.74, 6) is 0.508. The van der Waals surface area contributed by atoms with Gasteiger partial charge < -0.3 is 4.90 Å². The Morgan fingerprint density at radius 1 is 1.31 bits per heavy atom. The van der Waals surface area contributed by atoms with Gasteiger partial charge in [-0.2, -0.15) is 0 Å². The predicted octanol–water partition coefficient (Wildman–Crippen LogP) is 2.41. The van der Waals surface area contributed by atoms with E-state index in [4.69, 9.17) is 0 Å². The van der Waals surface area contributed by atoms with Crippen molar-refractivity contribution in [1.82, 2.24) is 4.90 Å². The molecule has 86 valence electrons. The van der Waals surface area contributed by atoms with Crippen LogP contribution in [0, 0.1) is 12.8 Å². The lowest BCUT2D eigenvalue weighted by molar-refractivity contribution is -0.136. The van der Waals surface area contributed by atoms with Crippen LogP contribution in [0.3, 0.4) is 0 Å². The molecule has 2 heteroatoms. The van der Waals surface area contributed by atoms with Gasteiger partial charge in [0.15, 0.2) is 0 Å². The van der Waals surface area contributed by atoms with Gasteiger partial charge in [-0.15, -0.1) is 0 Å². The standard InChI is InChI=1S/C14H19NO/c1-11-5-7-12(8-6-11)10-13-4-3-9-15(2)14(13)16/h5-8,13H,3-4,9-10H2,1-2H3. The first-order valence-electron chi connectivity index (χ1n) is 5.97. The summed E-state index contributed by atoms with van der Waals surface area (Å²) in [5, 5.41) is 0. The molecule has 1 fully saturated rings. The van der Waals surface area contributed by atoms with Gasteiger partial charge in [-0.25, -0.2) is 0 Å². The molecule has 0 spiro atoms. The molecular formula is C14H19NO. The molecule has 1 unspecified atom stereocenters. The van der Waals surface area contributed by atoms with Gasteiger partial charge in [0.05, 0.1) is 0 Å². The summed E-state index contributed by atoms with van der Waals surface area (Å²) < 4.78 is 0. The van der Waals surface area contributed by atoms with Crippen molar-refractivity contribution < 1.29 is 4.79 Å². The Morgan fingerprint density at radius 2 is 2.00 bits per heavy atom. The Labute approximate surface area is 97.3 Å². The maximum absolute atomic E-state index is 11.9. The average Bonchev–Trinajstić information content (AvgIpc) is 2.28. The third-order valence-electron chi connectivity index (χ3n) is 3.37. The molecule has 1 amide bonds. The molecule has 0 aliphatic carbocycles. The van der Waals surface area contributed by atoms with Crippen molar-refractivity contribution in [3.63, 3.8) is 0 Å². The molecule has 0 radical (unpaired) electrons. The summed E-state index contributed by atoms with van der Waals surface area (Å²) in [7, 11) is 1.91. The number of carbonyl (C=O) groups is 1. The molecule has 0 N–H and O–H groups in total. The number of hydrogen-bond acceptors (Lipinski definition) is 1. The number of aryl methyl sites for hydroxylation is 1. The van der Waals surface area contributed by atoms with Crippen LogP contribution in [0.2, 0.25) is 0 Å². The first-order valence-corrected chi connectivity index (χ1v) is 5.97. The average molecular weight is 217 g/mol. The number of carbonyl (C=O) groups excluding carboxylic acids is 1. The highest BCUT2D eigenvalue weighted by molar-refractivity contribution is 5.79. The monoisotopic (exact) mass is 217 g/mol. The van der Waals surface area contributed by atoms with E-state index in [1.165, 1.54) is 11.1 Å². The van der Waals surface area contributed by atoms with Crippen molar-refractivity contribution in [2.24, 2.45) is 5.92 Å². The number of piperidine rings is 1. The SMILES string of the molecule is Cc1ccc(CC2CCCN(C)C2=O)cc1. The van der Waals surface area contributed by atoms with E-state index >= 15 is 0 Å². The van der Waals surface area contributed by atoms with Crippen LogP contribution in [0.5, 0.6) is 0 Å². The second kappa shape index (κ2) is 4.69. The topological polar surface area (TPSA) is 20.3 Å². The lowest BCUT2D eigenvalue weighted by atomic mass is 9.90. The van der Waals surface area contributed by atoms with Crippen LogP contribution in [0.25, 0.3) is 0 Å². The zero-order chi connectivity index (χ0) is 11.5. The summed E-state index contributed by atoms with van der Waals surface area (Å²) in [6, 6.07) is 8.51. The van der Waals surface area contributed by atoms with Gasteiger partial charge in [-0.05, 0) is 31.7 Å². The van der Waals surface area contributed by atoms with E-state index in [9.17, 15) is 4.79 Å². The first kappa shape index (κ1) is 11.2. The Hall–Kier alpha value is -1.31. The molecule has 1 atom stereocenters. The molecule has 0 aromatic heterocycles. The molecule has 0 bridgehead atoms. The summed E-state index contributed by atoms with van der Waals surface area (Å²) in [4.78, 5) is 13.8. The van der Waals surface area contributed by atoms with Crippen molar-refractivity contribution in [1.29, 1.82) is 0 Å². The van der Waals surface area contributed by atoms with Gasteiger partial charge in [0, 0.05) is 19.5 Å². The van der Waals surface area contributed by atoms with E-state index in [2.05, 4.69) is 31.2 Å². The fourth-order valence-electron chi connectivity index (χ4n) is 2.32. The van der Waals surface area contributed by atoms with E-state index in [0.717, 1.165) is 25.8 Å². The molecule has 16 heavy (non-hydrogen) atoms. The highest BCUT2D eigenvalue weighted by atomic mass is 16.2. The molecule has 2 rings (SSSR count). The number of nitrogens with zero attached hydrogens (tertiary/aromatic N) is 1. The van der Waals surface area contributed by atoms with Gasteiger partial charge in [-0.1, -0.05) is 29.8 Å². The van der Waals surface area contributed by atoms with Crippen molar-refractivity contribution >= 4 is 5.91 Å². The maximum Gasteiger partial charge on any atom is 0.225 e. The second-order valence-electron chi connectivity index (χ2n) is 4.79. The zero-order valence-corrected chi connectivity index (χ0v) is 10.1. The third kappa shape index (κ3) is 2.43. The largest absolute Gasteiger partial charge is 0.346 e. The number of rotatable bonds is 2. The van der Waals surface area contributed by atoms with E-state index in [0.29, 0.717) is 5.91 Å². The van der Waals surface area contributed by atoms with E-state index in [1.54, 1.807) is 0 Å². The Bertz CT molecular complexity index is 369. The normalized spacial score (nSPS) is 21.2. The fourth-order valence-corrected chi connectivity index (χ4v) is 2.32. The molecule has 1 saturated heterocycles. The lowest BCUT2D eigenvalue weighted by Gasteiger charge is -2.29. The summed E-state index contributed by atoms with van der Waals surface area (Å²) >= 11 is 0. The molecular weight excluding hydrogens is 198 g/mol. The minimum Gasteiger partial charge on any atom is -0.346 e. The quantitative estimate of drug-likeness (QED) is 0.745. The Kier molecular flexibility index (Phi) is 3.28. The maximum atomic E-state index is 11.9. The lowest BCUT2D eigenvalue weighted by Crippen LogP contribution is -2.39. The van der Waals surface area contributed by atoms with Gasteiger partial charge in [0.1, 0.15) is 0 Å². The minimum absolute atomic E-state index is 0.196. The van der Waals surface area contributed by atoms with Crippen LogP contribution in [0.15, 0.2) is 24.3 Å². The molecule has 1 aliphatic rings. The first-order chi connectivity index (χ1) is 7.66. The van der Waals surface area contributed by atoms with Crippen LogP contribution in [-0.2, 0) is 11.2 Å². The van der Waals surface area contributed by atoms with E-state index in [-0.39, 0.29) is 5.92 Å². The smallest absolute Gasteiger partial charge is 0.225 e. The third-order valence-corrected chi connectivity index (χ3v) is 3.37. The predicted molar refractivity (Wildman–Crippen MR) is 65.2 cm³/mol. The molecule has 2 nitrogen and oxygen atoms in total. The molecule has 1 aromatic rings. The fraction of sp³-hybridized carbons (Fsp3) is 0.500. The highest BCUT2D eigenvalue weighted by Gasteiger charge is 2.26. The molecule has 1 aliphatic heterocycles. The van der Waals surface area contributed by atoms with E-state index < -0.39 is 0 Å². The van der Waals surface area contributed by atoms with Crippen molar-refractivity contribution in [3.05, 3.63) is 35.4 Å². The summed E-state index contributed by atoms with van der Waals surface area (Å²) in [6.07, 6.45) is 3.07. The molecule has 1 aromatic carbocycles. The zero-order valence-electron chi connectivity index (χ0n) is 10.1. The van der Waals surface area contributed by atoms with E-state index in [1.807, 2.05) is 11.9 Å². The van der Waals surface area contributed by atoms with Crippen LogP contribution in [0.1, 0.15) is 24.0 Å². The van der Waals surface area contributed by atoms with Crippen molar-refractivity contribution in [2.75, 3.05) is 13.6 Å². The number of amides is 1. The molecule has 0 saturated carbocycles. The summed E-state index contributed by atoms with van der Waals surface area (Å²) in [6.45, 7) is 3.01. The Morgan fingerprint density at radius 3 is 2.69 bits per heavy atom. The minimum atomic E-state index is 0.196. The van der Waals surface area contributed by atoms with Gasteiger partial charge >= 0.3 is 0 Å². The van der Waals surface area contributed by atoms with Crippen LogP contribution < -0.4 is 0 Å². The van der Waals surface area contributed by atoms with Crippen molar-refractivity contribution in [2.45, 2.75) is 26.2 Å². The van der Waals surface area contributed by atoms with Crippen LogP contribution in [-0.4, -0.2) is 24.4 Å². The van der Waals surface area contributed by atoms with Crippen LogP contribution in [0.4, 0.5) is 0 Å². The van der Waals surface area contributed by atoms with Gasteiger partial charge in [0.25, 0.3) is 0 Å². The summed E-state index contributed by atoms with van der Waals surface area (Å²) in [5.41, 5.74) is 2.55. The number of hydrogen-bond donors (Lipinski definition) is 0. The number of benzene rings is 1.